The van der Waals surface area contributed by atoms with Gasteiger partial charge in [-0.15, -0.1) is 0 Å². The van der Waals surface area contributed by atoms with Crippen molar-refractivity contribution in [2.45, 2.75) is 44.1 Å². The summed E-state index contributed by atoms with van der Waals surface area (Å²) in [5.41, 5.74) is -0.272. The summed E-state index contributed by atoms with van der Waals surface area (Å²) in [6.07, 6.45) is -4.85. The molecule has 1 N–H and O–H groups in total. The fraction of sp³-hybridized carbons (Fsp3) is 0.375. The van der Waals surface area contributed by atoms with Gasteiger partial charge in [-0.1, -0.05) is 48.5 Å². The quantitative estimate of drug-likeness (QED) is 0.614. The van der Waals surface area contributed by atoms with E-state index in [1.54, 1.807) is 24.3 Å². The third kappa shape index (κ3) is 6.27. The van der Waals surface area contributed by atoms with Crippen LogP contribution in [0.5, 0.6) is 0 Å². The second-order valence-electron chi connectivity index (χ2n) is 7.83. The number of benzene rings is 2. The van der Waals surface area contributed by atoms with Crippen LogP contribution >= 0.6 is 0 Å². The Hall–Kier alpha value is -3.56. The molecule has 10 heteroatoms. The lowest BCUT2D eigenvalue weighted by molar-refractivity contribution is -0.146. The van der Waals surface area contributed by atoms with E-state index < -0.39 is 48.2 Å². The molecular weight excluding hydrogens is 453 g/mol. The number of ether oxygens (including phenoxy) is 2. The van der Waals surface area contributed by atoms with Gasteiger partial charge >= 0.3 is 18.2 Å². The number of carbonyl (C=O) groups is 3. The summed E-state index contributed by atoms with van der Waals surface area (Å²) < 4.78 is 50.1. The molecule has 2 atom stereocenters. The number of esters is 1. The number of halogens is 3. The summed E-state index contributed by atoms with van der Waals surface area (Å²) in [4.78, 5) is 39.0. The summed E-state index contributed by atoms with van der Waals surface area (Å²) >= 11 is 0. The van der Waals surface area contributed by atoms with E-state index in [-0.39, 0.29) is 18.7 Å². The molecule has 0 saturated carbocycles. The lowest BCUT2D eigenvalue weighted by Crippen LogP contribution is -2.52. The number of hydrogen-bond acceptors (Lipinski definition) is 5. The van der Waals surface area contributed by atoms with E-state index in [9.17, 15) is 27.6 Å². The van der Waals surface area contributed by atoms with E-state index in [1.165, 1.54) is 23.1 Å². The van der Waals surface area contributed by atoms with Crippen LogP contribution in [0.3, 0.4) is 0 Å². The Balaban J connectivity index is 1.69. The molecule has 1 fully saturated rings. The summed E-state index contributed by atoms with van der Waals surface area (Å²) in [5.74, 6) is -1.55. The SMILES string of the molecule is COC(=O)[C@@H](Cc1ccccc1C(F)(F)F)NC(=O)[C@H]1CCCN1C(=O)OCc1ccccc1. The molecule has 1 aliphatic heterocycles. The van der Waals surface area contributed by atoms with Crippen molar-refractivity contribution < 1.29 is 37.0 Å². The molecule has 0 aromatic heterocycles. The number of methoxy groups -OCH3 is 1. The predicted molar refractivity (Wildman–Crippen MR) is 115 cm³/mol. The van der Waals surface area contributed by atoms with Crippen molar-refractivity contribution >= 4 is 18.0 Å². The molecule has 1 saturated heterocycles. The van der Waals surface area contributed by atoms with Gasteiger partial charge in [0, 0.05) is 13.0 Å². The van der Waals surface area contributed by atoms with Crippen LogP contribution in [0.15, 0.2) is 54.6 Å². The Kier molecular flexibility index (Phi) is 8.14. The maximum Gasteiger partial charge on any atom is 0.416 e. The third-order valence-corrected chi connectivity index (χ3v) is 5.54. The first-order valence-corrected chi connectivity index (χ1v) is 10.7. The Morgan fingerprint density at radius 2 is 1.76 bits per heavy atom. The molecule has 2 aromatic rings. The van der Waals surface area contributed by atoms with Crippen LogP contribution in [-0.4, -0.2) is 48.6 Å². The van der Waals surface area contributed by atoms with Crippen LogP contribution in [0.4, 0.5) is 18.0 Å². The Morgan fingerprint density at radius 3 is 2.44 bits per heavy atom. The maximum atomic E-state index is 13.4. The molecule has 7 nitrogen and oxygen atoms in total. The lowest BCUT2D eigenvalue weighted by Gasteiger charge is -2.26. The smallest absolute Gasteiger partial charge is 0.416 e. The number of amides is 2. The molecule has 0 unspecified atom stereocenters. The molecule has 3 rings (SSSR count). The van der Waals surface area contributed by atoms with Crippen molar-refractivity contribution in [3.05, 3.63) is 71.3 Å². The zero-order valence-electron chi connectivity index (χ0n) is 18.5. The molecule has 0 aliphatic carbocycles. The number of rotatable bonds is 7. The number of carbonyl (C=O) groups excluding carboxylic acids is 3. The minimum atomic E-state index is -4.62. The van der Waals surface area contributed by atoms with E-state index in [0.717, 1.165) is 18.7 Å². The fourth-order valence-electron chi connectivity index (χ4n) is 3.86. The predicted octanol–water partition coefficient (Wildman–Crippen LogP) is 3.71. The minimum Gasteiger partial charge on any atom is -0.467 e. The number of likely N-dealkylation sites (tertiary alicyclic amines) is 1. The summed E-state index contributed by atoms with van der Waals surface area (Å²) in [5, 5.41) is 2.47. The van der Waals surface area contributed by atoms with Gasteiger partial charge in [0.05, 0.1) is 12.7 Å². The zero-order valence-corrected chi connectivity index (χ0v) is 18.5. The highest BCUT2D eigenvalue weighted by atomic mass is 19.4. The van der Waals surface area contributed by atoms with Crippen molar-refractivity contribution in [1.29, 1.82) is 0 Å². The number of nitrogens with one attached hydrogen (secondary N) is 1. The van der Waals surface area contributed by atoms with Gasteiger partial charge in [-0.25, -0.2) is 9.59 Å². The fourth-order valence-corrected chi connectivity index (χ4v) is 3.86. The highest BCUT2D eigenvalue weighted by Gasteiger charge is 2.38. The van der Waals surface area contributed by atoms with Crippen LogP contribution in [0.25, 0.3) is 0 Å². The van der Waals surface area contributed by atoms with Crippen LogP contribution < -0.4 is 5.32 Å². The number of nitrogens with zero attached hydrogens (tertiary/aromatic N) is 1. The summed E-state index contributed by atoms with van der Waals surface area (Å²) in [6, 6.07) is 11.6. The zero-order chi connectivity index (χ0) is 24.7. The average Bonchev–Trinajstić information content (AvgIpc) is 3.32. The topological polar surface area (TPSA) is 84.9 Å². The van der Waals surface area contributed by atoms with Crippen molar-refractivity contribution in [2.75, 3.05) is 13.7 Å². The van der Waals surface area contributed by atoms with Crippen LogP contribution in [0.2, 0.25) is 0 Å². The molecule has 1 heterocycles. The molecule has 0 bridgehead atoms. The Morgan fingerprint density at radius 1 is 1.09 bits per heavy atom. The van der Waals surface area contributed by atoms with Crippen LogP contribution in [0, 0.1) is 0 Å². The highest BCUT2D eigenvalue weighted by Crippen LogP contribution is 2.32. The van der Waals surface area contributed by atoms with Crippen molar-refractivity contribution in [2.24, 2.45) is 0 Å². The van der Waals surface area contributed by atoms with Gasteiger partial charge in [-0.05, 0) is 30.0 Å². The second-order valence-corrected chi connectivity index (χ2v) is 7.83. The van der Waals surface area contributed by atoms with Crippen LogP contribution in [0.1, 0.15) is 29.5 Å². The van der Waals surface area contributed by atoms with Gasteiger partial charge < -0.3 is 14.8 Å². The Labute approximate surface area is 194 Å². The molecular formula is C24H25F3N2O5. The average molecular weight is 478 g/mol. The van der Waals surface area contributed by atoms with Gasteiger partial charge in [0.15, 0.2) is 0 Å². The third-order valence-electron chi connectivity index (χ3n) is 5.54. The first kappa shape index (κ1) is 25.1. The molecule has 182 valence electrons. The molecule has 2 aromatic carbocycles. The lowest BCUT2D eigenvalue weighted by atomic mass is 9.99. The molecule has 34 heavy (non-hydrogen) atoms. The van der Waals surface area contributed by atoms with Crippen molar-refractivity contribution in [1.82, 2.24) is 10.2 Å². The molecule has 2 amide bonds. The second kappa shape index (κ2) is 11.0. The van der Waals surface area contributed by atoms with E-state index >= 15 is 0 Å². The van der Waals surface area contributed by atoms with Gasteiger partial charge in [0.1, 0.15) is 18.7 Å². The molecule has 1 aliphatic rings. The number of alkyl halides is 3. The monoisotopic (exact) mass is 478 g/mol. The number of hydrogen-bond donors (Lipinski definition) is 1. The largest absolute Gasteiger partial charge is 0.467 e. The van der Waals surface area contributed by atoms with Gasteiger partial charge in [0.25, 0.3) is 0 Å². The first-order chi connectivity index (χ1) is 16.2. The Bertz CT molecular complexity index is 1010. The highest BCUT2D eigenvalue weighted by molar-refractivity contribution is 5.90. The minimum absolute atomic E-state index is 0.0313. The van der Waals surface area contributed by atoms with Gasteiger partial charge in [-0.2, -0.15) is 13.2 Å². The van der Waals surface area contributed by atoms with E-state index in [1.807, 2.05) is 6.07 Å². The first-order valence-electron chi connectivity index (χ1n) is 10.7. The van der Waals surface area contributed by atoms with Gasteiger partial charge in [0.2, 0.25) is 5.91 Å². The van der Waals surface area contributed by atoms with Gasteiger partial charge in [-0.3, -0.25) is 9.69 Å². The maximum absolute atomic E-state index is 13.4. The van der Waals surface area contributed by atoms with Crippen molar-refractivity contribution in [3.63, 3.8) is 0 Å². The molecule has 0 spiro atoms. The van der Waals surface area contributed by atoms with Crippen molar-refractivity contribution in [3.8, 4) is 0 Å². The molecule has 0 radical (unpaired) electrons. The van der Waals surface area contributed by atoms with E-state index in [4.69, 9.17) is 9.47 Å². The van der Waals surface area contributed by atoms with Crippen LogP contribution in [-0.2, 0) is 38.3 Å². The van der Waals surface area contributed by atoms with E-state index in [0.29, 0.717) is 12.8 Å². The summed E-state index contributed by atoms with van der Waals surface area (Å²) in [7, 11) is 1.08. The standard InChI is InChI=1S/C24H25F3N2O5/c1-33-22(31)19(14-17-10-5-6-11-18(17)24(25,26)27)28-21(30)20-12-7-13-29(20)23(32)34-15-16-8-3-2-4-9-16/h2-6,8-11,19-20H,7,12-15H2,1H3,(H,28,30)/t19-,20-/m1/s1. The van der Waals surface area contributed by atoms with E-state index in [2.05, 4.69) is 5.32 Å². The normalized spacial score (nSPS) is 16.6. The summed E-state index contributed by atoms with van der Waals surface area (Å²) in [6.45, 7) is 0.315.